The molecule has 0 amide bonds. The molecule has 0 fully saturated rings. The molecule has 0 spiro atoms. The number of aromatic amines is 1. The zero-order chi connectivity index (χ0) is 22.9. The van der Waals surface area contributed by atoms with Crippen molar-refractivity contribution in [1.82, 2.24) is 9.97 Å². The van der Waals surface area contributed by atoms with Crippen molar-refractivity contribution in [1.29, 1.82) is 0 Å². The highest BCUT2D eigenvalue weighted by Crippen LogP contribution is 2.49. The molecule has 0 aliphatic heterocycles. The van der Waals surface area contributed by atoms with Crippen molar-refractivity contribution in [3.63, 3.8) is 0 Å². The highest BCUT2D eigenvalue weighted by Gasteiger charge is 2.42. The number of nitrogens with one attached hydrogen (secondary N) is 1. The number of nitro benzene ring substituents is 4. The van der Waals surface area contributed by atoms with E-state index >= 15 is 0 Å². The lowest BCUT2D eigenvalue weighted by atomic mass is 10.0. The van der Waals surface area contributed by atoms with Crippen LogP contribution in [0, 0.1) is 40.5 Å². The molecule has 0 radical (unpaired) electrons. The number of carbonyl (C=O) groups is 1. The molecule has 4 rings (SSSR count). The number of carbonyl (C=O) groups excluding carboxylic acids is 1. The summed E-state index contributed by atoms with van der Waals surface area (Å²) in [5, 5.41) is 44.5. The zero-order valence-corrected chi connectivity index (χ0v) is 15.0. The van der Waals surface area contributed by atoms with Gasteiger partial charge >= 0.3 is 0 Å². The van der Waals surface area contributed by atoms with Crippen LogP contribution in [0.25, 0.3) is 11.1 Å². The summed E-state index contributed by atoms with van der Waals surface area (Å²) in [4.78, 5) is 59.5. The minimum Gasteiger partial charge on any atom is -0.351 e. The maximum Gasteiger partial charge on any atom is 0.285 e. The molecule has 0 bridgehead atoms. The van der Waals surface area contributed by atoms with E-state index in [1.807, 2.05) is 0 Å². The molecule has 1 aliphatic carbocycles. The first kappa shape index (κ1) is 20.6. The van der Waals surface area contributed by atoms with Crippen molar-refractivity contribution in [3.05, 3.63) is 94.6 Å². The Morgan fingerprint density at radius 1 is 0.710 bits per heavy atom. The summed E-state index contributed by atoms with van der Waals surface area (Å²) in [7, 11) is 0. The summed E-state index contributed by atoms with van der Waals surface area (Å²) in [5.41, 5.74) is -5.20. The van der Waals surface area contributed by atoms with Crippen molar-refractivity contribution in [3.8, 4) is 11.1 Å². The molecule has 2 aromatic carbocycles. The Morgan fingerprint density at radius 2 is 1.16 bits per heavy atom. The first-order chi connectivity index (χ1) is 14.6. The predicted octanol–water partition coefficient (Wildman–Crippen LogP) is 2.94. The van der Waals surface area contributed by atoms with Crippen LogP contribution in [0.1, 0.15) is 15.9 Å². The highest BCUT2D eigenvalue weighted by molar-refractivity contribution is 6.25. The van der Waals surface area contributed by atoms with Gasteiger partial charge in [0.15, 0.2) is 5.78 Å². The van der Waals surface area contributed by atoms with Crippen molar-refractivity contribution in [2.75, 3.05) is 0 Å². The normalized spacial score (nSPS) is 11.0. The average molecular weight is 428 g/mol. The first-order valence-corrected chi connectivity index (χ1v) is 8.05. The smallest absolute Gasteiger partial charge is 0.285 e. The summed E-state index contributed by atoms with van der Waals surface area (Å²) in [5.74, 6) is -1.01. The Hall–Kier alpha value is -5.08. The number of ketones is 1. The van der Waals surface area contributed by atoms with E-state index < -0.39 is 70.5 Å². The van der Waals surface area contributed by atoms with Gasteiger partial charge in [-0.15, -0.1) is 0 Å². The Labute approximate surface area is 169 Å². The fourth-order valence-electron chi connectivity index (χ4n) is 2.97. The third-order valence-corrected chi connectivity index (χ3v) is 4.16. The van der Waals surface area contributed by atoms with Crippen LogP contribution in [-0.2, 0) is 0 Å². The fourth-order valence-corrected chi connectivity index (χ4v) is 2.97. The number of hydrogen-bond acceptors (Lipinski definition) is 10. The second kappa shape index (κ2) is 7.74. The highest BCUT2D eigenvalue weighted by atomic mass is 16.6. The van der Waals surface area contributed by atoms with E-state index in [-0.39, 0.29) is 0 Å². The Bertz CT molecular complexity index is 1170. The van der Waals surface area contributed by atoms with Gasteiger partial charge in [0, 0.05) is 35.7 Å². The van der Waals surface area contributed by atoms with Crippen LogP contribution in [0.5, 0.6) is 0 Å². The standard InChI is InChI=1S/C13H4N4O9.C3H4N2/c18-13-7-1-5(14(19)20)3-9(16(23)24)11(7)12-8(13)2-6(15(21)22)4-10(12)17(25)26;1-2-5-3-4-1/h1-4H;1-3H,(H,4,5). The monoisotopic (exact) mass is 428 g/mol. The van der Waals surface area contributed by atoms with Crippen LogP contribution in [0.2, 0.25) is 0 Å². The van der Waals surface area contributed by atoms with E-state index in [2.05, 4.69) is 9.97 Å². The molecule has 0 saturated heterocycles. The van der Waals surface area contributed by atoms with Gasteiger partial charge in [0.25, 0.3) is 22.7 Å². The van der Waals surface area contributed by atoms with Crippen molar-refractivity contribution in [2.24, 2.45) is 0 Å². The number of benzene rings is 2. The molecule has 1 aromatic heterocycles. The van der Waals surface area contributed by atoms with Crippen LogP contribution < -0.4 is 0 Å². The summed E-state index contributed by atoms with van der Waals surface area (Å²) in [6.07, 6.45) is 5.08. The van der Waals surface area contributed by atoms with Crippen molar-refractivity contribution >= 4 is 28.5 Å². The fraction of sp³-hybridized carbons (Fsp3) is 0. The molecule has 31 heavy (non-hydrogen) atoms. The number of rotatable bonds is 4. The number of non-ortho nitro benzene ring substituents is 2. The minimum absolute atomic E-state index is 0.470. The van der Waals surface area contributed by atoms with Crippen molar-refractivity contribution < 1.29 is 24.5 Å². The summed E-state index contributed by atoms with van der Waals surface area (Å²) >= 11 is 0. The molecule has 3 aromatic rings. The van der Waals surface area contributed by atoms with Crippen molar-refractivity contribution in [2.45, 2.75) is 0 Å². The number of hydrogen-bond donors (Lipinski definition) is 1. The van der Waals surface area contributed by atoms with E-state index in [1.54, 1.807) is 18.7 Å². The molecule has 1 heterocycles. The van der Waals surface area contributed by atoms with Crippen LogP contribution in [-0.4, -0.2) is 35.4 Å². The number of nitrogens with zero attached hydrogens (tertiary/aromatic N) is 5. The van der Waals surface area contributed by atoms with E-state index in [4.69, 9.17) is 0 Å². The molecule has 0 saturated carbocycles. The van der Waals surface area contributed by atoms with Crippen LogP contribution in [0.3, 0.4) is 0 Å². The third kappa shape index (κ3) is 3.65. The van der Waals surface area contributed by atoms with Gasteiger partial charge in [-0.3, -0.25) is 45.3 Å². The molecular weight excluding hydrogens is 420 g/mol. The van der Waals surface area contributed by atoms with E-state index in [1.165, 1.54) is 0 Å². The number of fused-ring (bicyclic) bond motifs is 3. The zero-order valence-electron chi connectivity index (χ0n) is 15.0. The van der Waals surface area contributed by atoms with Gasteiger partial charge in [-0.2, -0.15) is 0 Å². The van der Waals surface area contributed by atoms with E-state index in [0.29, 0.717) is 12.1 Å². The Morgan fingerprint density at radius 3 is 1.42 bits per heavy atom. The van der Waals surface area contributed by atoms with E-state index in [0.717, 1.165) is 12.1 Å². The predicted molar refractivity (Wildman–Crippen MR) is 101 cm³/mol. The first-order valence-electron chi connectivity index (χ1n) is 8.05. The molecular formula is C16H8N6O9. The van der Waals surface area contributed by atoms with Gasteiger partial charge in [0.1, 0.15) is 0 Å². The second-order valence-corrected chi connectivity index (χ2v) is 5.89. The van der Waals surface area contributed by atoms with Gasteiger partial charge < -0.3 is 4.98 Å². The lowest BCUT2D eigenvalue weighted by Crippen LogP contribution is -2.00. The molecule has 1 N–H and O–H groups in total. The summed E-state index contributed by atoms with van der Waals surface area (Å²) < 4.78 is 0. The average Bonchev–Trinajstić information content (AvgIpc) is 3.38. The second-order valence-electron chi connectivity index (χ2n) is 5.89. The van der Waals surface area contributed by atoms with E-state index in [9.17, 15) is 45.3 Å². The molecule has 156 valence electrons. The van der Waals surface area contributed by atoms with Crippen LogP contribution in [0.4, 0.5) is 22.7 Å². The largest absolute Gasteiger partial charge is 0.351 e. The Balaban J connectivity index is 0.000000478. The number of H-pyrrole nitrogens is 1. The lowest BCUT2D eigenvalue weighted by Gasteiger charge is -2.03. The van der Waals surface area contributed by atoms with Gasteiger partial charge in [-0.1, -0.05) is 0 Å². The lowest BCUT2D eigenvalue weighted by molar-refractivity contribution is -0.395. The number of imidazole rings is 1. The third-order valence-electron chi connectivity index (χ3n) is 4.16. The molecule has 0 atom stereocenters. The summed E-state index contributed by atoms with van der Waals surface area (Å²) in [6.45, 7) is 0. The topological polar surface area (TPSA) is 218 Å². The minimum atomic E-state index is -1.01. The molecule has 15 heteroatoms. The van der Waals surface area contributed by atoms with Crippen LogP contribution >= 0.6 is 0 Å². The van der Waals surface area contributed by atoms with Gasteiger partial charge in [0.05, 0.1) is 49.3 Å². The number of nitro groups is 4. The van der Waals surface area contributed by atoms with Gasteiger partial charge in [0.2, 0.25) is 0 Å². The van der Waals surface area contributed by atoms with Gasteiger partial charge in [-0.25, -0.2) is 4.98 Å². The summed E-state index contributed by atoms with van der Waals surface area (Å²) in [6, 6.07) is 2.65. The molecule has 0 unspecified atom stereocenters. The number of aromatic nitrogens is 2. The van der Waals surface area contributed by atoms with Gasteiger partial charge in [-0.05, 0) is 0 Å². The Kier molecular flexibility index (Phi) is 5.16. The van der Waals surface area contributed by atoms with Crippen LogP contribution in [0.15, 0.2) is 43.0 Å². The maximum absolute atomic E-state index is 12.5. The molecule has 15 nitrogen and oxygen atoms in total. The maximum atomic E-state index is 12.5. The SMILES string of the molecule is O=C1c2cc([N+](=O)[O-])cc([N+](=O)[O-])c2-c2c1cc([N+](=O)[O-])cc2[N+](=O)[O-].c1c[nH]cn1. The molecule has 1 aliphatic rings. The quantitative estimate of drug-likeness (QED) is 0.370.